The van der Waals surface area contributed by atoms with Crippen LogP contribution in [0.25, 0.3) is 21.5 Å². The molecule has 0 atom stereocenters. The monoisotopic (exact) mass is 500 g/mol. The van der Waals surface area contributed by atoms with Crippen LogP contribution in [0.2, 0.25) is 0 Å². The molecule has 0 fully saturated rings. The minimum Gasteiger partial charge on any atom is -0.321 e. The molecule has 1 N–H and O–H groups in total. The maximum absolute atomic E-state index is 12.6. The predicted molar refractivity (Wildman–Crippen MR) is 155 cm³/mol. The zero-order valence-electron chi connectivity index (χ0n) is 22.5. The van der Waals surface area contributed by atoms with Crippen molar-refractivity contribution < 1.29 is 4.79 Å². The Bertz CT molecular complexity index is 1380. The number of benzene rings is 2. The smallest absolute Gasteiger partial charge is 0.265 e. The second-order valence-corrected chi connectivity index (χ2v) is 11.0. The minimum absolute atomic E-state index is 0.0935. The molecule has 0 bridgehead atoms. The molecule has 2 heterocycles. The number of hydrogen-bond acceptors (Lipinski definition) is 4. The average Bonchev–Trinajstić information content (AvgIpc) is 3.41. The number of amides is 1. The molecule has 0 aliphatic rings. The van der Waals surface area contributed by atoms with E-state index in [9.17, 15) is 4.79 Å². The number of carbonyl (C=O) groups is 1. The fraction of sp³-hybridized carbons (Fsp3) is 0.300. The summed E-state index contributed by atoms with van der Waals surface area (Å²) >= 11 is 1.46. The normalized spacial score (nSPS) is 12.3. The van der Waals surface area contributed by atoms with E-state index in [2.05, 4.69) is 49.2 Å². The lowest BCUT2D eigenvalue weighted by atomic mass is 9.87. The van der Waals surface area contributed by atoms with E-state index in [1.165, 1.54) is 22.5 Å². The molecule has 1 amide bonds. The lowest BCUT2D eigenvalue weighted by molar-refractivity contribution is 0.103. The SMILES string of the molecule is CN=C(C)/C=C(\C)C(C)(C)C.Cc1ccc(NC(=O)c2cc3c(-c4ccccc4)nn(C)c3s2)cc1. The number of aryl methyl sites for hydroxylation is 2. The Morgan fingerprint density at radius 3 is 2.28 bits per heavy atom. The van der Waals surface area contributed by atoms with Crippen LogP contribution < -0.4 is 5.32 Å². The second-order valence-electron chi connectivity index (χ2n) is 9.93. The van der Waals surface area contributed by atoms with Crippen LogP contribution >= 0.6 is 11.3 Å². The zero-order chi connectivity index (χ0) is 26.5. The third-order valence-corrected chi connectivity index (χ3v) is 7.25. The number of allylic oxidation sites excluding steroid dienone is 2. The maximum Gasteiger partial charge on any atom is 0.265 e. The number of hydrogen-bond donors (Lipinski definition) is 1. The number of nitrogens with one attached hydrogen (secondary N) is 1. The van der Waals surface area contributed by atoms with Crippen LogP contribution in [-0.2, 0) is 7.05 Å². The van der Waals surface area contributed by atoms with E-state index >= 15 is 0 Å². The lowest BCUT2D eigenvalue weighted by Gasteiger charge is -2.19. The number of nitrogens with zero attached hydrogens (tertiary/aromatic N) is 3. The van der Waals surface area contributed by atoms with Crippen molar-refractivity contribution >= 4 is 38.9 Å². The number of aliphatic imine (C=N–C) groups is 1. The van der Waals surface area contributed by atoms with E-state index in [1.807, 2.05) is 93.3 Å². The van der Waals surface area contributed by atoms with Crippen LogP contribution in [0.3, 0.4) is 0 Å². The van der Waals surface area contributed by atoms with Gasteiger partial charge in [-0.1, -0.05) is 74.4 Å². The van der Waals surface area contributed by atoms with Gasteiger partial charge in [0.25, 0.3) is 5.91 Å². The van der Waals surface area contributed by atoms with Crippen molar-refractivity contribution in [3.8, 4) is 11.3 Å². The number of aromatic nitrogens is 2. The highest BCUT2D eigenvalue weighted by atomic mass is 32.1. The first kappa shape index (κ1) is 27.1. The molecule has 0 aliphatic carbocycles. The van der Waals surface area contributed by atoms with Crippen molar-refractivity contribution in [1.29, 1.82) is 0 Å². The van der Waals surface area contributed by atoms with E-state index in [1.54, 1.807) is 0 Å². The summed E-state index contributed by atoms with van der Waals surface area (Å²) in [7, 11) is 3.73. The summed E-state index contributed by atoms with van der Waals surface area (Å²) in [5.74, 6) is -0.0935. The first-order chi connectivity index (χ1) is 17.0. The molecule has 5 nitrogen and oxygen atoms in total. The Hall–Kier alpha value is -3.51. The highest BCUT2D eigenvalue weighted by Crippen LogP contribution is 2.34. The lowest BCUT2D eigenvalue weighted by Crippen LogP contribution is -2.09. The molecule has 188 valence electrons. The van der Waals surface area contributed by atoms with Crippen molar-refractivity contribution in [3.05, 3.63) is 82.8 Å². The number of fused-ring (bicyclic) bond motifs is 1. The van der Waals surface area contributed by atoms with Crippen LogP contribution in [0.5, 0.6) is 0 Å². The molecule has 0 spiro atoms. The van der Waals surface area contributed by atoms with Gasteiger partial charge in [0, 0.05) is 36.4 Å². The Kier molecular flexibility index (Phi) is 8.64. The fourth-order valence-corrected chi connectivity index (χ4v) is 4.35. The van der Waals surface area contributed by atoms with Gasteiger partial charge in [0.05, 0.1) is 4.88 Å². The van der Waals surface area contributed by atoms with Gasteiger partial charge in [0.2, 0.25) is 0 Å². The van der Waals surface area contributed by atoms with Gasteiger partial charge in [-0.3, -0.25) is 14.5 Å². The van der Waals surface area contributed by atoms with Crippen LogP contribution in [0.15, 0.2) is 77.3 Å². The summed E-state index contributed by atoms with van der Waals surface area (Å²) in [5.41, 5.74) is 6.66. The van der Waals surface area contributed by atoms with E-state index in [0.717, 1.165) is 32.9 Å². The van der Waals surface area contributed by atoms with Gasteiger partial charge < -0.3 is 5.32 Å². The summed E-state index contributed by atoms with van der Waals surface area (Å²) in [6, 6.07) is 19.8. The summed E-state index contributed by atoms with van der Waals surface area (Å²) in [6.07, 6.45) is 2.14. The largest absolute Gasteiger partial charge is 0.321 e. The number of rotatable bonds is 4. The summed E-state index contributed by atoms with van der Waals surface area (Å²) < 4.78 is 1.84. The van der Waals surface area contributed by atoms with Crippen molar-refractivity contribution in [2.45, 2.75) is 41.5 Å². The minimum atomic E-state index is -0.0935. The average molecular weight is 501 g/mol. The highest BCUT2D eigenvalue weighted by molar-refractivity contribution is 7.20. The molecule has 0 aliphatic heterocycles. The standard InChI is InChI=1S/C20H17N3OS.C10H19N/c1-13-8-10-15(11-9-13)21-19(24)17-12-16-18(14-6-4-3-5-7-14)22-23(2)20(16)25-17;1-8(10(3,4)5)7-9(2)11-6/h3-12H,1-2H3,(H,21,24);7H,1-6H3/b;8-7+,11-9?. The molecule has 36 heavy (non-hydrogen) atoms. The topological polar surface area (TPSA) is 59.3 Å². The molecule has 2 aromatic carbocycles. The first-order valence-electron chi connectivity index (χ1n) is 12.0. The Balaban J connectivity index is 0.000000280. The summed E-state index contributed by atoms with van der Waals surface area (Å²) in [4.78, 5) is 18.4. The maximum atomic E-state index is 12.6. The molecule has 2 aromatic heterocycles. The predicted octanol–water partition coefficient (Wildman–Crippen LogP) is 7.93. The van der Waals surface area contributed by atoms with Crippen molar-refractivity contribution in [3.63, 3.8) is 0 Å². The van der Waals surface area contributed by atoms with Gasteiger partial charge in [-0.2, -0.15) is 5.10 Å². The molecule has 0 radical (unpaired) electrons. The Morgan fingerprint density at radius 1 is 1.06 bits per heavy atom. The van der Waals surface area contributed by atoms with Gasteiger partial charge in [-0.15, -0.1) is 11.3 Å². The molecule has 4 rings (SSSR count). The van der Waals surface area contributed by atoms with E-state index in [-0.39, 0.29) is 11.3 Å². The van der Waals surface area contributed by atoms with Crippen LogP contribution in [0.4, 0.5) is 5.69 Å². The van der Waals surface area contributed by atoms with Crippen molar-refractivity contribution in [1.82, 2.24) is 9.78 Å². The van der Waals surface area contributed by atoms with Gasteiger partial charge in [-0.05, 0) is 50.5 Å². The van der Waals surface area contributed by atoms with Crippen molar-refractivity contribution in [2.75, 3.05) is 12.4 Å². The fourth-order valence-electron chi connectivity index (χ4n) is 3.39. The van der Waals surface area contributed by atoms with E-state index < -0.39 is 0 Å². The Morgan fingerprint density at radius 2 is 1.69 bits per heavy atom. The number of anilines is 1. The molecular formula is C30H36N4OS. The van der Waals surface area contributed by atoms with Gasteiger partial charge in [0.15, 0.2) is 0 Å². The van der Waals surface area contributed by atoms with Crippen LogP contribution in [-0.4, -0.2) is 28.4 Å². The summed E-state index contributed by atoms with van der Waals surface area (Å²) in [6.45, 7) is 12.8. The molecular weight excluding hydrogens is 464 g/mol. The zero-order valence-corrected chi connectivity index (χ0v) is 23.3. The molecule has 0 unspecified atom stereocenters. The third-order valence-electron chi connectivity index (χ3n) is 6.05. The van der Waals surface area contributed by atoms with Gasteiger partial charge >= 0.3 is 0 Å². The molecule has 0 saturated carbocycles. The molecule has 0 saturated heterocycles. The van der Waals surface area contributed by atoms with Gasteiger partial charge in [0.1, 0.15) is 10.5 Å². The van der Waals surface area contributed by atoms with Crippen LogP contribution in [0, 0.1) is 12.3 Å². The van der Waals surface area contributed by atoms with Crippen LogP contribution in [0.1, 0.15) is 49.9 Å². The number of carbonyl (C=O) groups excluding carboxylic acids is 1. The quantitative estimate of drug-likeness (QED) is 0.289. The molecule has 6 heteroatoms. The number of thiophene rings is 1. The van der Waals surface area contributed by atoms with E-state index in [0.29, 0.717) is 4.88 Å². The second kappa shape index (κ2) is 11.5. The van der Waals surface area contributed by atoms with E-state index in [4.69, 9.17) is 0 Å². The van der Waals surface area contributed by atoms with Gasteiger partial charge in [-0.25, -0.2) is 0 Å². The highest BCUT2D eigenvalue weighted by Gasteiger charge is 2.18. The first-order valence-corrected chi connectivity index (χ1v) is 12.8. The third kappa shape index (κ3) is 6.79. The Labute approximate surface area is 218 Å². The summed E-state index contributed by atoms with van der Waals surface area (Å²) in [5, 5.41) is 8.57. The van der Waals surface area contributed by atoms with Crippen molar-refractivity contribution in [2.24, 2.45) is 17.5 Å². The molecule has 4 aromatic rings.